The summed E-state index contributed by atoms with van der Waals surface area (Å²) >= 11 is 0. The van der Waals surface area contributed by atoms with Gasteiger partial charge in [-0.3, -0.25) is 4.79 Å². The number of benzene rings is 1. The predicted molar refractivity (Wildman–Crippen MR) is 76.2 cm³/mol. The first-order valence-corrected chi connectivity index (χ1v) is 6.98. The smallest absolute Gasteiger partial charge is 0.416 e. The minimum Gasteiger partial charge on any atom is -0.492 e. The molecule has 0 aromatic heterocycles. The van der Waals surface area contributed by atoms with E-state index in [1.807, 2.05) is 0 Å². The van der Waals surface area contributed by atoms with Crippen LogP contribution in [0.15, 0.2) is 18.2 Å². The van der Waals surface area contributed by atoms with E-state index in [1.54, 1.807) is 6.92 Å². The second kappa shape index (κ2) is 6.76. The van der Waals surface area contributed by atoms with Gasteiger partial charge in [0.05, 0.1) is 23.9 Å². The van der Waals surface area contributed by atoms with Crippen molar-refractivity contribution in [2.24, 2.45) is 0 Å². The van der Waals surface area contributed by atoms with Gasteiger partial charge in [0.1, 0.15) is 5.75 Å². The van der Waals surface area contributed by atoms with Gasteiger partial charge in [-0.05, 0) is 25.1 Å². The summed E-state index contributed by atoms with van der Waals surface area (Å²) in [5.41, 5.74) is -0.981. The Kier molecular flexibility index (Phi) is 4.97. The first-order chi connectivity index (χ1) is 10.8. The molecule has 1 fully saturated rings. The van der Waals surface area contributed by atoms with Gasteiger partial charge >= 0.3 is 12.2 Å². The topological polar surface area (TPSA) is 79.5 Å². The fraction of sp³-hybridized carbons (Fsp3) is 0.429. The highest BCUT2D eigenvalue weighted by Crippen LogP contribution is 2.35. The van der Waals surface area contributed by atoms with Crippen molar-refractivity contribution in [3.63, 3.8) is 0 Å². The first-order valence-electron chi connectivity index (χ1n) is 6.98. The van der Waals surface area contributed by atoms with Crippen LogP contribution in [0.3, 0.4) is 0 Å². The van der Waals surface area contributed by atoms with Gasteiger partial charge in [-0.25, -0.2) is 4.79 Å². The number of hydrogen-bond donors (Lipinski definition) is 3. The Morgan fingerprint density at radius 2 is 2.17 bits per heavy atom. The molecule has 1 aromatic rings. The summed E-state index contributed by atoms with van der Waals surface area (Å²) in [7, 11) is 0. The Bertz CT molecular complexity index is 605. The molecule has 0 aliphatic carbocycles. The average molecular weight is 331 g/mol. The lowest BCUT2D eigenvalue weighted by Crippen LogP contribution is -2.39. The van der Waals surface area contributed by atoms with Crippen LogP contribution in [-0.2, 0) is 11.0 Å². The molecular weight excluding hydrogens is 315 g/mol. The van der Waals surface area contributed by atoms with Crippen LogP contribution in [0.25, 0.3) is 0 Å². The molecule has 3 amide bonds. The lowest BCUT2D eigenvalue weighted by Gasteiger charge is -2.16. The Morgan fingerprint density at radius 3 is 2.74 bits per heavy atom. The zero-order valence-electron chi connectivity index (χ0n) is 12.3. The van der Waals surface area contributed by atoms with E-state index in [0.717, 1.165) is 18.2 Å². The van der Waals surface area contributed by atoms with E-state index in [9.17, 15) is 22.8 Å². The molecule has 0 saturated carbocycles. The number of carbonyl (C=O) groups excluding carboxylic acids is 2. The molecule has 0 radical (unpaired) electrons. The van der Waals surface area contributed by atoms with Crippen LogP contribution in [0.4, 0.5) is 23.7 Å². The van der Waals surface area contributed by atoms with Gasteiger partial charge in [0.25, 0.3) is 0 Å². The molecule has 6 nitrogen and oxygen atoms in total. The standard InChI is InChI=1S/C14H16F3N3O3/c1-2-23-11-4-3-8(14(15,16)17)5-10(11)20-13(22)19-9-6-12(21)18-7-9/h3-5,9H,2,6-7H2,1H3,(H,18,21)(H2,19,20,22). The summed E-state index contributed by atoms with van der Waals surface area (Å²) in [5.74, 6) is -0.0550. The van der Waals surface area contributed by atoms with E-state index in [4.69, 9.17) is 4.74 Å². The maximum absolute atomic E-state index is 12.8. The summed E-state index contributed by atoms with van der Waals surface area (Å²) in [6.45, 7) is 2.20. The minimum atomic E-state index is -4.53. The van der Waals surface area contributed by atoms with Crippen molar-refractivity contribution >= 4 is 17.6 Å². The van der Waals surface area contributed by atoms with Gasteiger partial charge in [-0.1, -0.05) is 0 Å². The molecule has 0 spiro atoms. The molecule has 126 valence electrons. The number of halogens is 3. The Hall–Kier alpha value is -2.45. The zero-order chi connectivity index (χ0) is 17.0. The molecule has 1 heterocycles. The number of alkyl halides is 3. The number of hydrogen-bond acceptors (Lipinski definition) is 3. The van der Waals surface area contributed by atoms with Gasteiger partial charge < -0.3 is 20.7 Å². The van der Waals surface area contributed by atoms with Crippen molar-refractivity contribution < 1.29 is 27.5 Å². The van der Waals surface area contributed by atoms with Crippen molar-refractivity contribution in [3.05, 3.63) is 23.8 Å². The van der Waals surface area contributed by atoms with Gasteiger partial charge in [0.15, 0.2) is 0 Å². The quantitative estimate of drug-likeness (QED) is 0.791. The van der Waals surface area contributed by atoms with Crippen molar-refractivity contribution in [2.75, 3.05) is 18.5 Å². The SMILES string of the molecule is CCOc1ccc(C(F)(F)F)cc1NC(=O)NC1CNC(=O)C1. The van der Waals surface area contributed by atoms with Gasteiger partial charge in [0, 0.05) is 13.0 Å². The lowest BCUT2D eigenvalue weighted by atomic mass is 10.1. The summed E-state index contributed by atoms with van der Waals surface area (Å²) < 4.78 is 43.6. The molecule has 3 N–H and O–H groups in total. The third-order valence-corrected chi connectivity index (χ3v) is 3.17. The molecule has 23 heavy (non-hydrogen) atoms. The van der Waals surface area contributed by atoms with Crippen molar-refractivity contribution in [1.82, 2.24) is 10.6 Å². The van der Waals surface area contributed by atoms with Gasteiger partial charge in [-0.15, -0.1) is 0 Å². The first kappa shape index (κ1) is 16.9. The summed E-state index contributed by atoms with van der Waals surface area (Å²) in [5, 5.41) is 7.40. The Balaban J connectivity index is 2.12. The van der Waals surface area contributed by atoms with Crippen molar-refractivity contribution in [2.45, 2.75) is 25.6 Å². The van der Waals surface area contributed by atoms with Crippen LogP contribution < -0.4 is 20.7 Å². The van der Waals surface area contributed by atoms with Crippen LogP contribution in [0.2, 0.25) is 0 Å². The highest BCUT2D eigenvalue weighted by molar-refractivity contribution is 5.92. The molecule has 1 aliphatic rings. The van der Waals surface area contributed by atoms with E-state index < -0.39 is 23.8 Å². The monoisotopic (exact) mass is 331 g/mol. The average Bonchev–Trinajstić information content (AvgIpc) is 2.85. The fourth-order valence-electron chi connectivity index (χ4n) is 2.14. The maximum atomic E-state index is 12.8. The molecule has 1 aliphatic heterocycles. The number of anilines is 1. The normalized spacial score (nSPS) is 17.6. The van der Waals surface area contributed by atoms with Crippen molar-refractivity contribution in [3.8, 4) is 5.75 Å². The summed E-state index contributed by atoms with van der Waals surface area (Å²) in [6.07, 6.45) is -4.40. The fourth-order valence-corrected chi connectivity index (χ4v) is 2.14. The summed E-state index contributed by atoms with van der Waals surface area (Å²) in [4.78, 5) is 23.0. The van der Waals surface area contributed by atoms with Crippen LogP contribution in [0.5, 0.6) is 5.75 Å². The molecule has 1 atom stereocenters. The summed E-state index contributed by atoms with van der Waals surface area (Å²) in [6, 6.07) is 1.74. The molecule has 1 aromatic carbocycles. The van der Waals surface area contributed by atoms with E-state index in [0.29, 0.717) is 0 Å². The predicted octanol–water partition coefficient (Wildman–Crippen LogP) is 2.11. The van der Waals surface area contributed by atoms with Crippen LogP contribution in [-0.4, -0.2) is 31.1 Å². The highest BCUT2D eigenvalue weighted by Gasteiger charge is 2.31. The minimum absolute atomic E-state index is 0.0866. The Morgan fingerprint density at radius 1 is 1.43 bits per heavy atom. The van der Waals surface area contributed by atoms with E-state index in [2.05, 4.69) is 16.0 Å². The number of carbonyl (C=O) groups is 2. The number of ether oxygens (including phenoxy) is 1. The molecule has 1 saturated heterocycles. The maximum Gasteiger partial charge on any atom is 0.416 e. The van der Waals surface area contributed by atoms with Crippen LogP contribution in [0.1, 0.15) is 18.9 Å². The zero-order valence-corrected chi connectivity index (χ0v) is 12.3. The number of amides is 3. The second-order valence-electron chi connectivity index (χ2n) is 4.95. The third kappa shape index (κ3) is 4.51. The largest absolute Gasteiger partial charge is 0.492 e. The van der Waals surface area contributed by atoms with Crippen LogP contribution in [0, 0.1) is 0 Å². The number of urea groups is 1. The Labute approximate surface area is 130 Å². The number of rotatable bonds is 4. The molecule has 1 unspecified atom stereocenters. The van der Waals surface area contributed by atoms with E-state index in [-0.39, 0.29) is 36.9 Å². The molecule has 2 rings (SSSR count). The van der Waals surface area contributed by atoms with Crippen molar-refractivity contribution in [1.29, 1.82) is 0 Å². The number of nitrogens with one attached hydrogen (secondary N) is 3. The second-order valence-corrected chi connectivity index (χ2v) is 4.95. The lowest BCUT2D eigenvalue weighted by molar-refractivity contribution is -0.137. The molecule has 9 heteroatoms. The van der Waals surface area contributed by atoms with Gasteiger partial charge in [-0.2, -0.15) is 13.2 Å². The van der Waals surface area contributed by atoms with Gasteiger partial charge in [0.2, 0.25) is 5.91 Å². The highest BCUT2D eigenvalue weighted by atomic mass is 19.4. The molecule has 0 bridgehead atoms. The van der Waals surface area contributed by atoms with E-state index in [1.165, 1.54) is 0 Å². The molecular formula is C14H16F3N3O3. The third-order valence-electron chi connectivity index (χ3n) is 3.17. The van der Waals surface area contributed by atoms with Crippen LogP contribution >= 0.6 is 0 Å². The van der Waals surface area contributed by atoms with E-state index >= 15 is 0 Å².